The molecule has 3 rings (SSSR count). The number of hydrogen-bond donors (Lipinski definition) is 2. The summed E-state index contributed by atoms with van der Waals surface area (Å²) in [7, 11) is 1.51. The molecule has 3 aromatic rings. The van der Waals surface area contributed by atoms with Crippen molar-refractivity contribution < 1.29 is 22.3 Å². The Hall–Kier alpha value is -2.89. The fourth-order valence-corrected chi connectivity index (χ4v) is 2.94. The Bertz CT molecular complexity index is 1060. The lowest BCUT2D eigenvalue weighted by Gasteiger charge is -2.16. The summed E-state index contributed by atoms with van der Waals surface area (Å²) in [6, 6.07) is 15.6. The molecule has 176 valence electrons. The van der Waals surface area contributed by atoms with Gasteiger partial charge in [0.1, 0.15) is 18.2 Å². The molecule has 0 aliphatic rings. The number of pyridine rings is 1. The second-order valence-electron chi connectivity index (χ2n) is 6.84. The first kappa shape index (κ1) is 26.4. The van der Waals surface area contributed by atoms with Crippen LogP contribution in [-0.2, 0) is 25.9 Å². The van der Waals surface area contributed by atoms with E-state index >= 15 is 0 Å². The van der Waals surface area contributed by atoms with Gasteiger partial charge < -0.3 is 15.4 Å². The van der Waals surface area contributed by atoms with Crippen LogP contribution in [0.2, 0.25) is 0 Å². The van der Waals surface area contributed by atoms with E-state index in [4.69, 9.17) is 4.74 Å². The molecule has 10 heteroatoms. The molecule has 33 heavy (non-hydrogen) atoms. The van der Waals surface area contributed by atoms with E-state index in [1.165, 1.54) is 7.05 Å². The van der Waals surface area contributed by atoms with Gasteiger partial charge in [0.25, 0.3) is 0 Å². The van der Waals surface area contributed by atoms with Gasteiger partial charge in [-0.25, -0.2) is 4.39 Å². The van der Waals surface area contributed by atoms with Crippen molar-refractivity contribution in [3.63, 3.8) is 0 Å². The standard InChI is InChI=1S/C23H22F4N4O.HI/c1-28-22(31-14-17-8-9-18(24)12-21(17)23(25,26)27)30-13-16-5-4-7-20(11-16)32-15-19-6-2-3-10-29-19;/h2-12H,13-15H2,1H3,(H2,28,30,31);1H. The van der Waals surface area contributed by atoms with Gasteiger partial charge in [0, 0.05) is 26.3 Å². The monoisotopic (exact) mass is 574 g/mol. The third-order valence-corrected chi connectivity index (χ3v) is 4.52. The lowest BCUT2D eigenvalue weighted by molar-refractivity contribution is -0.138. The summed E-state index contributed by atoms with van der Waals surface area (Å²) in [6.45, 7) is 0.540. The van der Waals surface area contributed by atoms with Crippen molar-refractivity contribution >= 4 is 29.9 Å². The zero-order chi connectivity index (χ0) is 23.0. The molecule has 5 nitrogen and oxygen atoms in total. The average molecular weight is 574 g/mol. The van der Waals surface area contributed by atoms with Crippen LogP contribution in [0.4, 0.5) is 17.6 Å². The van der Waals surface area contributed by atoms with Crippen molar-refractivity contribution in [2.24, 2.45) is 4.99 Å². The number of ether oxygens (including phenoxy) is 1. The van der Waals surface area contributed by atoms with Crippen molar-refractivity contribution in [1.29, 1.82) is 0 Å². The number of aliphatic imine (C=N–C) groups is 1. The number of nitrogens with one attached hydrogen (secondary N) is 2. The molecule has 2 N–H and O–H groups in total. The van der Waals surface area contributed by atoms with Crippen LogP contribution >= 0.6 is 24.0 Å². The van der Waals surface area contributed by atoms with Gasteiger partial charge in [-0.3, -0.25) is 9.98 Å². The first-order valence-electron chi connectivity index (χ1n) is 9.77. The Morgan fingerprint density at radius 2 is 1.79 bits per heavy atom. The Morgan fingerprint density at radius 3 is 2.48 bits per heavy atom. The number of hydrogen-bond acceptors (Lipinski definition) is 3. The molecule has 0 unspecified atom stereocenters. The molecule has 0 aliphatic carbocycles. The molecular weight excluding hydrogens is 551 g/mol. The minimum atomic E-state index is -4.65. The third-order valence-electron chi connectivity index (χ3n) is 4.52. The lowest BCUT2D eigenvalue weighted by Crippen LogP contribution is -2.36. The molecule has 0 spiro atoms. The van der Waals surface area contributed by atoms with Gasteiger partial charge in [-0.1, -0.05) is 24.3 Å². The molecule has 0 radical (unpaired) electrons. The molecule has 0 bridgehead atoms. The predicted molar refractivity (Wildman–Crippen MR) is 129 cm³/mol. The fraction of sp³-hybridized carbons (Fsp3) is 0.217. The van der Waals surface area contributed by atoms with Gasteiger partial charge >= 0.3 is 6.18 Å². The SMILES string of the molecule is CN=C(NCc1cccc(OCc2ccccn2)c1)NCc1ccc(F)cc1C(F)(F)F.I. The van der Waals surface area contributed by atoms with Crippen LogP contribution in [0.3, 0.4) is 0 Å². The van der Waals surface area contributed by atoms with E-state index in [1.54, 1.807) is 6.20 Å². The second kappa shape index (κ2) is 12.4. The summed E-state index contributed by atoms with van der Waals surface area (Å²) in [5.74, 6) is 0.0371. The highest BCUT2D eigenvalue weighted by Crippen LogP contribution is 2.32. The smallest absolute Gasteiger partial charge is 0.416 e. The van der Waals surface area contributed by atoms with Gasteiger partial charge in [0.05, 0.1) is 11.3 Å². The Morgan fingerprint density at radius 1 is 1.00 bits per heavy atom. The second-order valence-corrected chi connectivity index (χ2v) is 6.84. The zero-order valence-corrected chi connectivity index (χ0v) is 20.0. The molecular formula is C23H23F4IN4O. The van der Waals surface area contributed by atoms with E-state index in [1.807, 2.05) is 42.5 Å². The largest absolute Gasteiger partial charge is 0.487 e. The third kappa shape index (κ3) is 8.19. The maximum absolute atomic E-state index is 13.3. The van der Waals surface area contributed by atoms with Crippen LogP contribution in [0.15, 0.2) is 71.9 Å². The normalized spacial score (nSPS) is 11.5. The van der Waals surface area contributed by atoms with Gasteiger partial charge in [0.2, 0.25) is 0 Å². The molecule has 0 amide bonds. The van der Waals surface area contributed by atoms with Crippen LogP contribution in [0.1, 0.15) is 22.4 Å². The highest BCUT2D eigenvalue weighted by atomic mass is 127. The van der Waals surface area contributed by atoms with Crippen LogP contribution in [0.25, 0.3) is 0 Å². The van der Waals surface area contributed by atoms with E-state index < -0.39 is 17.6 Å². The van der Waals surface area contributed by atoms with Crippen molar-refractivity contribution in [1.82, 2.24) is 15.6 Å². The minimum Gasteiger partial charge on any atom is -0.487 e. The van der Waals surface area contributed by atoms with Gasteiger partial charge in [-0.2, -0.15) is 13.2 Å². The number of rotatable bonds is 7. The number of guanidine groups is 1. The number of benzene rings is 2. The van der Waals surface area contributed by atoms with Crippen LogP contribution < -0.4 is 15.4 Å². The van der Waals surface area contributed by atoms with E-state index in [-0.39, 0.29) is 36.1 Å². The van der Waals surface area contributed by atoms with Crippen molar-refractivity contribution in [3.05, 3.63) is 95.1 Å². The Balaban J connectivity index is 0.00000385. The maximum Gasteiger partial charge on any atom is 0.416 e. The number of alkyl halides is 3. The summed E-state index contributed by atoms with van der Waals surface area (Å²) in [5.41, 5.74) is 0.605. The number of nitrogens with zero attached hydrogens (tertiary/aromatic N) is 2. The molecule has 0 saturated heterocycles. The van der Waals surface area contributed by atoms with Gasteiger partial charge in [0.15, 0.2) is 5.96 Å². The molecule has 2 aromatic carbocycles. The van der Waals surface area contributed by atoms with E-state index in [0.717, 1.165) is 23.4 Å². The number of aromatic nitrogens is 1. The average Bonchev–Trinajstić information content (AvgIpc) is 2.79. The van der Waals surface area contributed by atoms with E-state index in [9.17, 15) is 17.6 Å². The van der Waals surface area contributed by atoms with Gasteiger partial charge in [-0.05, 0) is 47.5 Å². The highest BCUT2D eigenvalue weighted by Gasteiger charge is 2.33. The van der Waals surface area contributed by atoms with E-state index in [0.29, 0.717) is 30.9 Å². The van der Waals surface area contributed by atoms with Crippen LogP contribution in [0.5, 0.6) is 5.75 Å². The van der Waals surface area contributed by atoms with Crippen molar-refractivity contribution in [2.45, 2.75) is 25.9 Å². The summed E-state index contributed by atoms with van der Waals surface area (Å²) >= 11 is 0. The summed E-state index contributed by atoms with van der Waals surface area (Å²) in [4.78, 5) is 8.23. The zero-order valence-electron chi connectivity index (χ0n) is 17.7. The molecule has 1 aromatic heterocycles. The molecule has 0 aliphatic heterocycles. The topological polar surface area (TPSA) is 58.5 Å². The van der Waals surface area contributed by atoms with Gasteiger partial charge in [-0.15, -0.1) is 24.0 Å². The van der Waals surface area contributed by atoms with Crippen LogP contribution in [0, 0.1) is 5.82 Å². The Kier molecular flexibility index (Phi) is 9.89. The minimum absolute atomic E-state index is 0. The fourth-order valence-electron chi connectivity index (χ4n) is 2.94. The maximum atomic E-state index is 13.3. The molecule has 0 saturated carbocycles. The van der Waals surface area contributed by atoms with Crippen molar-refractivity contribution in [3.8, 4) is 5.75 Å². The summed E-state index contributed by atoms with van der Waals surface area (Å²) < 4.78 is 58.5. The van der Waals surface area contributed by atoms with Crippen LogP contribution in [-0.4, -0.2) is 18.0 Å². The lowest BCUT2D eigenvalue weighted by atomic mass is 10.1. The molecule has 1 heterocycles. The summed E-state index contributed by atoms with van der Waals surface area (Å²) in [6.07, 6.45) is -2.95. The predicted octanol–water partition coefficient (Wildman–Crippen LogP) is 5.30. The first-order valence-corrected chi connectivity index (χ1v) is 9.77. The highest BCUT2D eigenvalue weighted by molar-refractivity contribution is 14.0. The first-order chi connectivity index (χ1) is 15.3. The number of halogens is 5. The quantitative estimate of drug-likeness (QED) is 0.174. The Labute approximate surface area is 206 Å². The van der Waals surface area contributed by atoms with Crippen molar-refractivity contribution in [2.75, 3.05) is 7.05 Å². The summed E-state index contributed by atoms with van der Waals surface area (Å²) in [5, 5.41) is 5.87. The van der Waals surface area contributed by atoms with E-state index in [2.05, 4.69) is 20.6 Å². The molecule has 0 fully saturated rings. The molecule has 0 atom stereocenters.